The molecule has 1 aromatic heterocycles. The van der Waals surface area contributed by atoms with E-state index in [1.165, 1.54) is 0 Å². The van der Waals surface area contributed by atoms with E-state index in [-0.39, 0.29) is 11.9 Å². The molecule has 5 nitrogen and oxygen atoms in total. The molecule has 3 rings (SSSR count). The second-order valence-electron chi connectivity index (χ2n) is 5.29. The highest BCUT2D eigenvalue weighted by Crippen LogP contribution is 2.43. The molecule has 2 aromatic rings. The lowest BCUT2D eigenvalue weighted by Crippen LogP contribution is -2.28. The Morgan fingerprint density at radius 2 is 2.00 bits per heavy atom. The lowest BCUT2D eigenvalue weighted by atomic mass is 10.1. The zero-order valence-corrected chi connectivity index (χ0v) is 12.8. The van der Waals surface area contributed by atoms with Crippen molar-refractivity contribution >= 4 is 23.5 Å². The van der Waals surface area contributed by atoms with E-state index >= 15 is 0 Å². The van der Waals surface area contributed by atoms with Gasteiger partial charge in [-0.2, -0.15) is 0 Å². The van der Waals surface area contributed by atoms with Gasteiger partial charge in [0.05, 0.1) is 0 Å². The van der Waals surface area contributed by atoms with Crippen LogP contribution in [0, 0.1) is 0 Å². The molecule has 0 bridgehead atoms. The summed E-state index contributed by atoms with van der Waals surface area (Å²) in [6.45, 7) is 0.513. The molecule has 2 atom stereocenters. The Bertz CT molecular complexity index is 650. The molecule has 1 saturated carbocycles. The van der Waals surface area contributed by atoms with Crippen molar-refractivity contribution in [2.45, 2.75) is 24.8 Å². The SMILES string of the molecule is O=C(CCNc1ncccn1)N[C@H]1C[C@H]1c1ccccc1Cl. The molecule has 6 heteroatoms. The van der Waals surface area contributed by atoms with Crippen molar-refractivity contribution in [2.24, 2.45) is 0 Å². The van der Waals surface area contributed by atoms with Crippen molar-refractivity contribution in [3.05, 3.63) is 53.3 Å². The molecule has 0 aliphatic heterocycles. The number of carbonyl (C=O) groups excluding carboxylic acids is 1. The third-order valence-electron chi connectivity index (χ3n) is 3.64. The average Bonchev–Trinajstić information content (AvgIpc) is 3.27. The molecule has 1 aliphatic carbocycles. The van der Waals surface area contributed by atoms with Gasteiger partial charge in [0.25, 0.3) is 0 Å². The Hall–Kier alpha value is -2.14. The quantitative estimate of drug-likeness (QED) is 0.859. The van der Waals surface area contributed by atoms with Gasteiger partial charge in [-0.25, -0.2) is 9.97 Å². The summed E-state index contributed by atoms with van der Waals surface area (Å²) in [6.07, 6.45) is 4.66. The predicted octanol–water partition coefficient (Wildman–Crippen LogP) is 2.60. The molecule has 114 valence electrons. The summed E-state index contributed by atoms with van der Waals surface area (Å²) in [7, 11) is 0. The summed E-state index contributed by atoms with van der Waals surface area (Å²) in [5.41, 5.74) is 1.12. The maximum Gasteiger partial charge on any atom is 0.222 e. The zero-order valence-electron chi connectivity index (χ0n) is 12.0. The van der Waals surface area contributed by atoms with Gasteiger partial charge in [0.1, 0.15) is 0 Å². The molecule has 0 saturated heterocycles. The largest absolute Gasteiger partial charge is 0.354 e. The summed E-state index contributed by atoms with van der Waals surface area (Å²) in [5.74, 6) is 0.904. The molecule has 1 aliphatic rings. The highest BCUT2D eigenvalue weighted by Gasteiger charge is 2.40. The first-order valence-corrected chi connectivity index (χ1v) is 7.66. The van der Waals surface area contributed by atoms with E-state index in [9.17, 15) is 4.79 Å². The molecule has 1 aromatic carbocycles. The van der Waals surface area contributed by atoms with E-state index < -0.39 is 0 Å². The average molecular weight is 317 g/mol. The highest BCUT2D eigenvalue weighted by atomic mass is 35.5. The van der Waals surface area contributed by atoms with Gasteiger partial charge in [0.15, 0.2) is 0 Å². The number of amides is 1. The van der Waals surface area contributed by atoms with Crippen LogP contribution >= 0.6 is 11.6 Å². The van der Waals surface area contributed by atoms with Crippen molar-refractivity contribution < 1.29 is 4.79 Å². The number of halogens is 1. The minimum absolute atomic E-state index is 0.0305. The van der Waals surface area contributed by atoms with E-state index in [2.05, 4.69) is 20.6 Å². The number of aromatic nitrogens is 2. The van der Waals surface area contributed by atoms with Gasteiger partial charge in [0, 0.05) is 42.3 Å². The van der Waals surface area contributed by atoms with Crippen LogP contribution in [-0.4, -0.2) is 28.5 Å². The maximum atomic E-state index is 11.9. The number of anilines is 1. The van der Waals surface area contributed by atoms with E-state index in [4.69, 9.17) is 11.6 Å². The molecule has 0 radical (unpaired) electrons. The van der Waals surface area contributed by atoms with Gasteiger partial charge in [0.2, 0.25) is 11.9 Å². The molecular weight excluding hydrogens is 300 g/mol. The maximum absolute atomic E-state index is 11.9. The summed E-state index contributed by atoms with van der Waals surface area (Å²) in [5, 5.41) is 6.83. The van der Waals surface area contributed by atoms with E-state index in [0.717, 1.165) is 17.0 Å². The molecule has 1 fully saturated rings. The van der Waals surface area contributed by atoms with Crippen LogP contribution in [0.1, 0.15) is 24.3 Å². The fourth-order valence-corrected chi connectivity index (χ4v) is 2.71. The van der Waals surface area contributed by atoms with Crippen LogP contribution in [-0.2, 0) is 4.79 Å². The Morgan fingerprint density at radius 1 is 1.23 bits per heavy atom. The van der Waals surface area contributed by atoms with Gasteiger partial charge < -0.3 is 10.6 Å². The van der Waals surface area contributed by atoms with Gasteiger partial charge in [-0.3, -0.25) is 4.79 Å². The van der Waals surface area contributed by atoms with Gasteiger partial charge in [-0.1, -0.05) is 29.8 Å². The fraction of sp³-hybridized carbons (Fsp3) is 0.312. The number of hydrogen-bond acceptors (Lipinski definition) is 4. The first-order chi connectivity index (χ1) is 10.7. The summed E-state index contributed by atoms with van der Waals surface area (Å²) in [6, 6.07) is 9.74. The van der Waals surface area contributed by atoms with Gasteiger partial charge in [-0.15, -0.1) is 0 Å². The molecule has 1 amide bonds. The fourth-order valence-electron chi connectivity index (χ4n) is 2.43. The van der Waals surface area contributed by atoms with Crippen LogP contribution in [0.3, 0.4) is 0 Å². The van der Waals surface area contributed by atoms with Crippen LogP contribution in [0.5, 0.6) is 0 Å². The van der Waals surface area contributed by atoms with E-state index in [0.29, 0.717) is 24.8 Å². The molecular formula is C16H17ClN4O. The minimum atomic E-state index is 0.0305. The number of hydrogen-bond donors (Lipinski definition) is 2. The van der Waals surface area contributed by atoms with E-state index in [1.807, 2.05) is 24.3 Å². The van der Waals surface area contributed by atoms with Crippen molar-refractivity contribution in [3.8, 4) is 0 Å². The van der Waals surface area contributed by atoms with Crippen LogP contribution < -0.4 is 10.6 Å². The Labute approximate surface area is 134 Å². The lowest BCUT2D eigenvalue weighted by molar-refractivity contribution is -0.121. The van der Waals surface area contributed by atoms with E-state index in [1.54, 1.807) is 18.5 Å². The molecule has 22 heavy (non-hydrogen) atoms. The van der Waals surface area contributed by atoms with Crippen molar-refractivity contribution in [1.82, 2.24) is 15.3 Å². The van der Waals surface area contributed by atoms with Crippen LogP contribution in [0.15, 0.2) is 42.7 Å². The number of rotatable bonds is 6. The zero-order chi connectivity index (χ0) is 15.4. The first kappa shape index (κ1) is 14.8. The standard InChI is InChI=1S/C16H17ClN4O/c17-13-5-2-1-4-11(13)12-10-14(12)21-15(22)6-9-20-16-18-7-3-8-19-16/h1-5,7-8,12,14H,6,9-10H2,(H,21,22)(H,18,19,20)/t12-,14-/m0/s1. The first-order valence-electron chi connectivity index (χ1n) is 7.29. The molecule has 0 spiro atoms. The minimum Gasteiger partial charge on any atom is -0.354 e. The van der Waals surface area contributed by atoms with Gasteiger partial charge >= 0.3 is 0 Å². The van der Waals surface area contributed by atoms with Crippen molar-refractivity contribution in [1.29, 1.82) is 0 Å². The third kappa shape index (κ3) is 3.74. The van der Waals surface area contributed by atoms with Crippen LogP contribution in [0.2, 0.25) is 5.02 Å². The van der Waals surface area contributed by atoms with Crippen LogP contribution in [0.25, 0.3) is 0 Å². The number of nitrogens with one attached hydrogen (secondary N) is 2. The molecule has 2 N–H and O–H groups in total. The van der Waals surface area contributed by atoms with Gasteiger partial charge in [-0.05, 0) is 24.1 Å². The number of nitrogens with zero attached hydrogens (tertiary/aromatic N) is 2. The highest BCUT2D eigenvalue weighted by molar-refractivity contribution is 6.31. The smallest absolute Gasteiger partial charge is 0.222 e. The third-order valence-corrected chi connectivity index (χ3v) is 3.99. The Balaban J connectivity index is 1.41. The number of benzene rings is 1. The molecule has 1 heterocycles. The Kier molecular flexibility index (Phi) is 4.53. The summed E-state index contributed by atoms with van der Waals surface area (Å²) < 4.78 is 0. The second kappa shape index (κ2) is 6.75. The summed E-state index contributed by atoms with van der Waals surface area (Å²) in [4.78, 5) is 20.0. The Morgan fingerprint density at radius 3 is 2.77 bits per heavy atom. The van der Waals surface area contributed by atoms with Crippen molar-refractivity contribution in [2.75, 3.05) is 11.9 Å². The second-order valence-corrected chi connectivity index (χ2v) is 5.69. The van der Waals surface area contributed by atoms with Crippen LogP contribution in [0.4, 0.5) is 5.95 Å². The summed E-state index contributed by atoms with van der Waals surface area (Å²) >= 11 is 6.18. The number of carbonyl (C=O) groups is 1. The molecule has 0 unspecified atom stereocenters. The normalized spacial score (nSPS) is 19.5. The predicted molar refractivity (Wildman–Crippen MR) is 85.9 cm³/mol. The lowest BCUT2D eigenvalue weighted by Gasteiger charge is -2.07. The topological polar surface area (TPSA) is 66.9 Å². The van der Waals surface area contributed by atoms with Crippen molar-refractivity contribution in [3.63, 3.8) is 0 Å². The monoisotopic (exact) mass is 316 g/mol.